The van der Waals surface area contributed by atoms with Crippen molar-refractivity contribution in [3.63, 3.8) is 0 Å². The van der Waals surface area contributed by atoms with Crippen molar-refractivity contribution < 1.29 is 0 Å². The van der Waals surface area contributed by atoms with E-state index >= 15 is 0 Å². The quantitative estimate of drug-likeness (QED) is 0.691. The summed E-state index contributed by atoms with van der Waals surface area (Å²) in [4.78, 5) is 4.05. The van der Waals surface area contributed by atoms with Gasteiger partial charge in [-0.15, -0.1) is 11.3 Å². The standard InChI is InChI=1S/C13H22BrNS/c1-4-6-8-15(11(3)5-2)10-13-12(14)7-9-16-13/h7,9,11H,4-6,8,10H2,1-3H3. The highest BCUT2D eigenvalue weighted by atomic mass is 79.9. The molecule has 0 amide bonds. The van der Waals surface area contributed by atoms with Crippen LogP contribution in [0.2, 0.25) is 0 Å². The third-order valence-electron chi connectivity index (χ3n) is 3.05. The summed E-state index contributed by atoms with van der Waals surface area (Å²) in [5.74, 6) is 0. The van der Waals surface area contributed by atoms with Crippen LogP contribution >= 0.6 is 27.3 Å². The van der Waals surface area contributed by atoms with E-state index in [4.69, 9.17) is 0 Å². The zero-order chi connectivity index (χ0) is 12.0. The lowest BCUT2D eigenvalue weighted by molar-refractivity contribution is 0.193. The molecule has 0 N–H and O–H groups in total. The number of thiophene rings is 1. The molecule has 0 aliphatic carbocycles. The van der Waals surface area contributed by atoms with Crippen LogP contribution in [0.15, 0.2) is 15.9 Å². The highest BCUT2D eigenvalue weighted by molar-refractivity contribution is 9.10. The maximum absolute atomic E-state index is 3.62. The third-order valence-corrected chi connectivity index (χ3v) is 4.96. The monoisotopic (exact) mass is 303 g/mol. The summed E-state index contributed by atoms with van der Waals surface area (Å²) in [7, 11) is 0. The Morgan fingerprint density at radius 2 is 2.19 bits per heavy atom. The normalized spacial score (nSPS) is 13.3. The smallest absolute Gasteiger partial charge is 0.0342 e. The molecule has 0 bridgehead atoms. The van der Waals surface area contributed by atoms with Crippen molar-refractivity contribution in [2.24, 2.45) is 0 Å². The van der Waals surface area contributed by atoms with Crippen molar-refractivity contribution in [1.29, 1.82) is 0 Å². The van der Waals surface area contributed by atoms with Crippen LogP contribution in [0.5, 0.6) is 0 Å². The van der Waals surface area contributed by atoms with E-state index in [1.165, 1.54) is 35.2 Å². The largest absolute Gasteiger partial charge is 0.296 e. The van der Waals surface area contributed by atoms with Crippen molar-refractivity contribution in [2.75, 3.05) is 6.54 Å². The molecule has 0 aliphatic rings. The Labute approximate surface area is 112 Å². The van der Waals surface area contributed by atoms with Crippen LogP contribution in [-0.4, -0.2) is 17.5 Å². The van der Waals surface area contributed by atoms with Gasteiger partial charge in [0.15, 0.2) is 0 Å². The van der Waals surface area contributed by atoms with Crippen LogP contribution in [0, 0.1) is 0 Å². The first kappa shape index (κ1) is 14.2. The fourth-order valence-corrected chi connectivity index (χ4v) is 3.20. The lowest BCUT2D eigenvalue weighted by atomic mass is 10.2. The molecule has 1 unspecified atom stereocenters. The van der Waals surface area contributed by atoms with E-state index in [0.717, 1.165) is 6.54 Å². The van der Waals surface area contributed by atoms with E-state index < -0.39 is 0 Å². The summed E-state index contributed by atoms with van der Waals surface area (Å²) in [5, 5.41) is 2.16. The fraction of sp³-hybridized carbons (Fsp3) is 0.692. The van der Waals surface area contributed by atoms with Gasteiger partial charge in [-0.25, -0.2) is 0 Å². The lowest BCUT2D eigenvalue weighted by Gasteiger charge is -2.28. The van der Waals surface area contributed by atoms with Crippen LogP contribution in [0.1, 0.15) is 44.9 Å². The van der Waals surface area contributed by atoms with Crippen LogP contribution in [0.25, 0.3) is 0 Å². The van der Waals surface area contributed by atoms with Gasteiger partial charge in [0, 0.05) is 21.9 Å². The van der Waals surface area contributed by atoms with Crippen molar-refractivity contribution in [3.8, 4) is 0 Å². The molecule has 0 saturated carbocycles. The molecular formula is C13H22BrNS. The first-order valence-corrected chi connectivity index (χ1v) is 7.82. The first-order chi connectivity index (χ1) is 7.69. The third kappa shape index (κ3) is 4.19. The van der Waals surface area contributed by atoms with Gasteiger partial charge in [0.05, 0.1) is 0 Å². The zero-order valence-electron chi connectivity index (χ0n) is 10.5. The summed E-state index contributed by atoms with van der Waals surface area (Å²) in [6.45, 7) is 9.17. The molecule has 0 spiro atoms. The second-order valence-corrected chi connectivity index (χ2v) is 6.13. The minimum Gasteiger partial charge on any atom is -0.296 e. The van der Waals surface area contributed by atoms with Crippen molar-refractivity contribution >= 4 is 27.3 Å². The summed E-state index contributed by atoms with van der Waals surface area (Å²) in [5.41, 5.74) is 0. The molecule has 0 saturated heterocycles. The minimum atomic E-state index is 0.681. The number of halogens is 1. The molecule has 92 valence electrons. The van der Waals surface area contributed by atoms with Crippen molar-refractivity contribution in [2.45, 2.75) is 52.6 Å². The van der Waals surface area contributed by atoms with Gasteiger partial charge < -0.3 is 0 Å². The van der Waals surface area contributed by atoms with Gasteiger partial charge in [0.2, 0.25) is 0 Å². The summed E-state index contributed by atoms with van der Waals surface area (Å²) < 4.78 is 1.27. The van der Waals surface area contributed by atoms with E-state index in [1.54, 1.807) is 0 Å². The predicted octanol–water partition coefficient (Wildman–Crippen LogP) is 4.91. The van der Waals surface area contributed by atoms with E-state index in [9.17, 15) is 0 Å². The van der Waals surface area contributed by atoms with E-state index in [1.807, 2.05) is 11.3 Å². The molecule has 3 heteroatoms. The zero-order valence-corrected chi connectivity index (χ0v) is 12.9. The van der Waals surface area contributed by atoms with Crippen LogP contribution < -0.4 is 0 Å². The summed E-state index contributed by atoms with van der Waals surface area (Å²) >= 11 is 5.47. The summed E-state index contributed by atoms with van der Waals surface area (Å²) in [6.07, 6.45) is 3.80. The second kappa shape index (κ2) is 7.46. The fourth-order valence-electron chi connectivity index (χ4n) is 1.70. The van der Waals surface area contributed by atoms with Gasteiger partial charge in [0.1, 0.15) is 0 Å². The Morgan fingerprint density at radius 3 is 2.69 bits per heavy atom. The van der Waals surface area contributed by atoms with E-state index in [2.05, 4.69) is 53.0 Å². The van der Waals surface area contributed by atoms with Gasteiger partial charge in [0.25, 0.3) is 0 Å². The van der Waals surface area contributed by atoms with Crippen molar-refractivity contribution in [1.82, 2.24) is 4.90 Å². The predicted molar refractivity (Wildman–Crippen MR) is 77.1 cm³/mol. The molecule has 0 aromatic carbocycles. The Bertz CT molecular complexity index is 298. The van der Waals surface area contributed by atoms with E-state index in [-0.39, 0.29) is 0 Å². The molecular weight excluding hydrogens is 282 g/mol. The molecule has 1 rings (SSSR count). The Hall–Kier alpha value is 0.140. The molecule has 0 fully saturated rings. The SMILES string of the molecule is CCCCN(Cc1sccc1Br)C(C)CC. The molecule has 1 aromatic heterocycles. The number of unbranched alkanes of at least 4 members (excludes halogenated alkanes) is 1. The maximum atomic E-state index is 3.62. The highest BCUT2D eigenvalue weighted by Crippen LogP contribution is 2.25. The van der Waals surface area contributed by atoms with Gasteiger partial charge in [-0.05, 0) is 53.7 Å². The average molecular weight is 304 g/mol. The van der Waals surface area contributed by atoms with Gasteiger partial charge in [-0.3, -0.25) is 4.90 Å². The number of hydrogen-bond acceptors (Lipinski definition) is 2. The van der Waals surface area contributed by atoms with Gasteiger partial charge in [-0.1, -0.05) is 20.3 Å². The second-order valence-electron chi connectivity index (χ2n) is 4.27. The molecule has 0 aliphatic heterocycles. The van der Waals surface area contributed by atoms with Gasteiger partial charge in [-0.2, -0.15) is 0 Å². The van der Waals surface area contributed by atoms with Crippen LogP contribution in [0.3, 0.4) is 0 Å². The Balaban J connectivity index is 2.59. The average Bonchev–Trinajstić information content (AvgIpc) is 2.69. The van der Waals surface area contributed by atoms with Gasteiger partial charge >= 0.3 is 0 Å². The minimum absolute atomic E-state index is 0.681. The molecule has 0 radical (unpaired) electrons. The van der Waals surface area contributed by atoms with Crippen molar-refractivity contribution in [3.05, 3.63) is 20.8 Å². The molecule has 16 heavy (non-hydrogen) atoms. The topological polar surface area (TPSA) is 3.24 Å². The maximum Gasteiger partial charge on any atom is 0.0342 e. The number of rotatable bonds is 7. The van der Waals surface area contributed by atoms with Crippen LogP contribution in [0.4, 0.5) is 0 Å². The van der Waals surface area contributed by atoms with Crippen LogP contribution in [-0.2, 0) is 6.54 Å². The lowest BCUT2D eigenvalue weighted by Crippen LogP contribution is -2.32. The number of hydrogen-bond donors (Lipinski definition) is 0. The summed E-state index contributed by atoms with van der Waals surface area (Å²) in [6, 6.07) is 2.83. The Kier molecular flexibility index (Phi) is 6.62. The van der Waals surface area contributed by atoms with E-state index in [0.29, 0.717) is 6.04 Å². The number of nitrogens with zero attached hydrogens (tertiary/aromatic N) is 1. The molecule has 1 heterocycles. The first-order valence-electron chi connectivity index (χ1n) is 6.14. The Morgan fingerprint density at radius 1 is 1.44 bits per heavy atom. The molecule has 1 nitrogen and oxygen atoms in total. The highest BCUT2D eigenvalue weighted by Gasteiger charge is 2.14. The molecule has 1 aromatic rings. The molecule has 1 atom stereocenters.